The number of hydroxylamine groups is 1. The Bertz CT molecular complexity index is 343. The standard InChI is InChI=1S/C7H7BrIN3O/c8-5-2-1-4(9)3-6(5)11-7(10)12-13/h1-3,13H,(H3,10,11,12). The number of hydrogen-bond acceptors (Lipinski definition) is 2. The van der Waals surface area contributed by atoms with Crippen LogP contribution in [0.1, 0.15) is 0 Å². The van der Waals surface area contributed by atoms with Crippen molar-refractivity contribution in [2.24, 2.45) is 10.7 Å². The summed E-state index contributed by atoms with van der Waals surface area (Å²) in [7, 11) is 0. The highest BCUT2D eigenvalue weighted by Gasteiger charge is 1.99. The van der Waals surface area contributed by atoms with E-state index in [2.05, 4.69) is 43.5 Å². The molecule has 13 heavy (non-hydrogen) atoms. The molecule has 1 aromatic rings. The molecule has 0 aliphatic heterocycles. The number of benzene rings is 1. The lowest BCUT2D eigenvalue weighted by atomic mass is 10.3. The molecule has 0 aliphatic carbocycles. The Morgan fingerprint density at radius 2 is 2.31 bits per heavy atom. The summed E-state index contributed by atoms with van der Waals surface area (Å²) in [5.41, 5.74) is 7.73. The Hall–Kier alpha value is -0.340. The number of rotatable bonds is 1. The van der Waals surface area contributed by atoms with Gasteiger partial charge < -0.3 is 5.73 Å². The number of aliphatic imine (C=N–C) groups is 1. The molecule has 0 amide bonds. The van der Waals surface area contributed by atoms with Crippen LogP contribution in [0.5, 0.6) is 0 Å². The Balaban J connectivity index is 3.07. The molecule has 0 heterocycles. The Labute approximate surface area is 97.5 Å². The summed E-state index contributed by atoms with van der Waals surface area (Å²) < 4.78 is 1.87. The molecule has 0 aliphatic rings. The fourth-order valence-electron chi connectivity index (χ4n) is 0.726. The molecular formula is C7H7BrIN3O. The van der Waals surface area contributed by atoms with E-state index in [0.717, 1.165) is 8.04 Å². The van der Waals surface area contributed by atoms with Gasteiger partial charge in [-0.2, -0.15) is 0 Å². The molecule has 0 aromatic heterocycles. The lowest BCUT2D eigenvalue weighted by Crippen LogP contribution is -2.27. The van der Waals surface area contributed by atoms with E-state index in [1.54, 1.807) is 5.48 Å². The smallest absolute Gasteiger partial charge is 0.218 e. The SMILES string of the molecule is NC(=Nc1cc(I)ccc1Br)NO. The molecule has 6 heteroatoms. The minimum absolute atomic E-state index is 0.0392. The van der Waals surface area contributed by atoms with E-state index in [1.165, 1.54) is 0 Å². The zero-order chi connectivity index (χ0) is 9.84. The van der Waals surface area contributed by atoms with Crippen LogP contribution in [0.3, 0.4) is 0 Å². The van der Waals surface area contributed by atoms with Crippen molar-refractivity contribution in [1.82, 2.24) is 5.48 Å². The molecule has 1 rings (SSSR count). The Kier molecular flexibility index (Phi) is 3.94. The molecule has 0 bridgehead atoms. The van der Waals surface area contributed by atoms with Crippen molar-refractivity contribution in [3.8, 4) is 0 Å². The van der Waals surface area contributed by atoms with Crippen LogP contribution in [0, 0.1) is 3.57 Å². The van der Waals surface area contributed by atoms with E-state index >= 15 is 0 Å². The van der Waals surface area contributed by atoms with Crippen LogP contribution in [0.2, 0.25) is 0 Å². The monoisotopic (exact) mass is 355 g/mol. The maximum Gasteiger partial charge on any atom is 0.218 e. The first-order valence-corrected chi connectivity index (χ1v) is 5.20. The quantitative estimate of drug-likeness (QED) is 0.312. The molecule has 4 nitrogen and oxygen atoms in total. The Morgan fingerprint density at radius 3 is 2.92 bits per heavy atom. The summed E-state index contributed by atoms with van der Waals surface area (Å²) in [5, 5.41) is 8.43. The lowest BCUT2D eigenvalue weighted by Gasteiger charge is -2.00. The van der Waals surface area contributed by atoms with E-state index < -0.39 is 0 Å². The second-order valence-electron chi connectivity index (χ2n) is 2.20. The number of nitrogens with two attached hydrogens (primary N) is 1. The lowest BCUT2D eigenvalue weighted by molar-refractivity contribution is 0.233. The van der Waals surface area contributed by atoms with Crippen LogP contribution in [0.25, 0.3) is 0 Å². The molecule has 0 radical (unpaired) electrons. The first-order valence-electron chi connectivity index (χ1n) is 3.33. The predicted octanol–water partition coefficient (Wildman–Crippen LogP) is 1.98. The van der Waals surface area contributed by atoms with Gasteiger partial charge in [0.1, 0.15) is 0 Å². The average Bonchev–Trinajstić information content (AvgIpc) is 2.11. The number of hydrogen-bond donors (Lipinski definition) is 3. The third-order valence-electron chi connectivity index (χ3n) is 1.26. The van der Waals surface area contributed by atoms with Crippen LogP contribution in [-0.4, -0.2) is 11.2 Å². The largest absolute Gasteiger partial charge is 0.368 e. The van der Waals surface area contributed by atoms with Gasteiger partial charge in [-0.3, -0.25) is 5.21 Å². The normalized spacial score (nSPS) is 11.5. The summed E-state index contributed by atoms with van der Waals surface area (Å²) in [6.07, 6.45) is 0. The maximum atomic E-state index is 8.43. The molecule has 70 valence electrons. The van der Waals surface area contributed by atoms with E-state index in [9.17, 15) is 0 Å². The van der Waals surface area contributed by atoms with Gasteiger partial charge in [0, 0.05) is 8.04 Å². The molecule has 0 saturated heterocycles. The van der Waals surface area contributed by atoms with Gasteiger partial charge in [0.2, 0.25) is 5.96 Å². The number of guanidine groups is 1. The topological polar surface area (TPSA) is 70.6 Å². The molecule has 0 fully saturated rings. The van der Waals surface area contributed by atoms with Crippen LogP contribution < -0.4 is 11.2 Å². The van der Waals surface area contributed by atoms with Crippen LogP contribution >= 0.6 is 38.5 Å². The van der Waals surface area contributed by atoms with Gasteiger partial charge in [-0.05, 0) is 56.7 Å². The van der Waals surface area contributed by atoms with Crippen molar-refractivity contribution in [3.63, 3.8) is 0 Å². The summed E-state index contributed by atoms with van der Waals surface area (Å²) in [4.78, 5) is 3.92. The third-order valence-corrected chi connectivity index (χ3v) is 2.61. The second-order valence-corrected chi connectivity index (χ2v) is 4.30. The number of nitrogens with one attached hydrogen (secondary N) is 1. The fraction of sp³-hybridized carbons (Fsp3) is 0. The van der Waals surface area contributed by atoms with Crippen molar-refractivity contribution in [2.75, 3.05) is 0 Å². The molecule has 4 N–H and O–H groups in total. The minimum Gasteiger partial charge on any atom is -0.368 e. The van der Waals surface area contributed by atoms with Crippen molar-refractivity contribution in [2.45, 2.75) is 0 Å². The highest BCUT2D eigenvalue weighted by molar-refractivity contribution is 14.1. The zero-order valence-electron chi connectivity index (χ0n) is 6.46. The fourth-order valence-corrected chi connectivity index (χ4v) is 1.54. The second kappa shape index (κ2) is 4.77. The zero-order valence-corrected chi connectivity index (χ0v) is 10.2. The third kappa shape index (κ3) is 3.12. The van der Waals surface area contributed by atoms with Gasteiger partial charge in [-0.15, -0.1) is 0 Å². The summed E-state index contributed by atoms with van der Waals surface area (Å²) >= 11 is 5.48. The van der Waals surface area contributed by atoms with Crippen molar-refractivity contribution in [3.05, 3.63) is 26.2 Å². The molecular weight excluding hydrogens is 349 g/mol. The van der Waals surface area contributed by atoms with E-state index in [-0.39, 0.29) is 5.96 Å². The summed E-state index contributed by atoms with van der Waals surface area (Å²) in [6.45, 7) is 0. The van der Waals surface area contributed by atoms with Gasteiger partial charge in [0.25, 0.3) is 0 Å². The van der Waals surface area contributed by atoms with Crippen LogP contribution in [0.4, 0.5) is 5.69 Å². The van der Waals surface area contributed by atoms with Crippen LogP contribution in [-0.2, 0) is 0 Å². The number of halogens is 2. The van der Waals surface area contributed by atoms with Crippen molar-refractivity contribution in [1.29, 1.82) is 0 Å². The van der Waals surface area contributed by atoms with E-state index in [0.29, 0.717) is 5.69 Å². The minimum atomic E-state index is -0.0392. The Morgan fingerprint density at radius 1 is 1.62 bits per heavy atom. The van der Waals surface area contributed by atoms with Crippen molar-refractivity contribution >= 4 is 50.2 Å². The number of nitrogens with zero attached hydrogens (tertiary/aromatic N) is 1. The summed E-state index contributed by atoms with van der Waals surface area (Å²) in [6, 6.07) is 5.65. The molecule has 0 unspecified atom stereocenters. The van der Waals surface area contributed by atoms with Gasteiger partial charge in [-0.1, -0.05) is 0 Å². The molecule has 1 aromatic carbocycles. The highest BCUT2D eigenvalue weighted by atomic mass is 127. The maximum absolute atomic E-state index is 8.43. The van der Waals surface area contributed by atoms with Gasteiger partial charge in [0.15, 0.2) is 0 Å². The first-order chi connectivity index (χ1) is 6.13. The average molecular weight is 356 g/mol. The predicted molar refractivity (Wildman–Crippen MR) is 63.1 cm³/mol. The van der Waals surface area contributed by atoms with Gasteiger partial charge in [0.05, 0.1) is 5.69 Å². The van der Waals surface area contributed by atoms with E-state index in [1.807, 2.05) is 18.2 Å². The molecule has 0 saturated carbocycles. The first kappa shape index (κ1) is 10.7. The van der Waals surface area contributed by atoms with Gasteiger partial charge >= 0.3 is 0 Å². The van der Waals surface area contributed by atoms with Gasteiger partial charge in [-0.25, -0.2) is 10.5 Å². The van der Waals surface area contributed by atoms with Crippen LogP contribution in [0.15, 0.2) is 27.7 Å². The highest BCUT2D eigenvalue weighted by Crippen LogP contribution is 2.26. The van der Waals surface area contributed by atoms with Crippen molar-refractivity contribution < 1.29 is 5.21 Å². The molecule has 0 spiro atoms. The molecule has 0 atom stereocenters. The summed E-state index contributed by atoms with van der Waals surface area (Å²) in [5.74, 6) is -0.0392. The van der Waals surface area contributed by atoms with E-state index in [4.69, 9.17) is 10.9 Å².